The lowest BCUT2D eigenvalue weighted by Crippen LogP contribution is -2.29. The molecule has 82 valence electrons. The highest BCUT2D eigenvalue weighted by molar-refractivity contribution is 5.91. The largest absolute Gasteiger partial charge is 0.478 e. The first-order valence-corrected chi connectivity index (χ1v) is 4.44. The Labute approximate surface area is 89.1 Å². The van der Waals surface area contributed by atoms with Crippen molar-refractivity contribution in [3.63, 3.8) is 0 Å². The Bertz CT molecular complexity index is 333. The second-order valence-corrected chi connectivity index (χ2v) is 3.10. The van der Waals surface area contributed by atoms with Gasteiger partial charge in [0.15, 0.2) is 0 Å². The van der Waals surface area contributed by atoms with Crippen molar-refractivity contribution in [2.24, 2.45) is 0 Å². The van der Waals surface area contributed by atoms with Gasteiger partial charge in [0, 0.05) is 12.1 Å². The number of hydrogen-bond acceptors (Lipinski definition) is 4. The van der Waals surface area contributed by atoms with Crippen molar-refractivity contribution in [3.05, 3.63) is 22.8 Å². The number of carboxylic acid groups (broad SMARTS) is 1. The SMILES string of the molecule is CNNC/C(C#N)=C\C(C(=O)O)=C(C)C. The van der Waals surface area contributed by atoms with Crippen LogP contribution >= 0.6 is 0 Å². The molecule has 0 aliphatic heterocycles. The topological polar surface area (TPSA) is 85.1 Å². The molecule has 0 aliphatic carbocycles. The summed E-state index contributed by atoms with van der Waals surface area (Å²) in [4.78, 5) is 10.8. The maximum atomic E-state index is 10.8. The van der Waals surface area contributed by atoms with E-state index in [4.69, 9.17) is 10.4 Å². The first-order chi connectivity index (χ1) is 7.02. The third-order valence-electron chi connectivity index (χ3n) is 1.69. The van der Waals surface area contributed by atoms with Gasteiger partial charge in [-0.3, -0.25) is 10.9 Å². The van der Waals surface area contributed by atoms with Crippen LogP contribution in [-0.4, -0.2) is 24.7 Å². The van der Waals surface area contributed by atoms with E-state index in [1.54, 1.807) is 20.9 Å². The molecule has 0 aromatic carbocycles. The van der Waals surface area contributed by atoms with Gasteiger partial charge in [-0.25, -0.2) is 4.79 Å². The predicted octanol–water partition coefficient (Wildman–Crippen LogP) is 0.581. The fourth-order valence-electron chi connectivity index (χ4n) is 0.901. The standard InChI is InChI=1S/C10H15N3O2/c1-7(2)9(10(14)15)4-8(5-11)6-13-12-3/h4,12-13H,6H2,1-3H3,(H,14,15)/b8-4-. The molecule has 0 amide bonds. The molecule has 0 bridgehead atoms. The third kappa shape index (κ3) is 4.96. The minimum Gasteiger partial charge on any atom is -0.478 e. The Kier molecular flexibility index (Phi) is 6.02. The summed E-state index contributed by atoms with van der Waals surface area (Å²) in [6.45, 7) is 3.68. The molecule has 0 aromatic heterocycles. The average molecular weight is 209 g/mol. The molecule has 0 aliphatic rings. The Morgan fingerprint density at radius 3 is 2.47 bits per heavy atom. The third-order valence-corrected chi connectivity index (χ3v) is 1.69. The molecular formula is C10H15N3O2. The first kappa shape index (κ1) is 13.4. The summed E-state index contributed by atoms with van der Waals surface area (Å²) in [5.41, 5.74) is 6.57. The Balaban J connectivity index is 4.89. The zero-order chi connectivity index (χ0) is 11.8. The zero-order valence-electron chi connectivity index (χ0n) is 9.09. The lowest BCUT2D eigenvalue weighted by atomic mass is 10.1. The molecule has 0 saturated carbocycles. The van der Waals surface area contributed by atoms with Crippen molar-refractivity contribution < 1.29 is 9.90 Å². The summed E-state index contributed by atoms with van der Waals surface area (Å²) >= 11 is 0. The van der Waals surface area contributed by atoms with E-state index in [-0.39, 0.29) is 12.1 Å². The molecule has 0 heterocycles. The number of hydrazine groups is 1. The predicted molar refractivity (Wildman–Crippen MR) is 56.8 cm³/mol. The number of nitrogens with zero attached hydrogens (tertiary/aromatic N) is 1. The van der Waals surface area contributed by atoms with Crippen molar-refractivity contribution in [2.45, 2.75) is 13.8 Å². The number of hydrogen-bond donors (Lipinski definition) is 3. The Morgan fingerprint density at radius 2 is 2.13 bits per heavy atom. The van der Waals surface area contributed by atoms with Gasteiger partial charge in [0.05, 0.1) is 11.6 Å². The monoisotopic (exact) mass is 209 g/mol. The highest BCUT2D eigenvalue weighted by Crippen LogP contribution is 2.08. The summed E-state index contributed by atoms with van der Waals surface area (Å²) in [7, 11) is 1.67. The summed E-state index contributed by atoms with van der Waals surface area (Å²) < 4.78 is 0. The average Bonchev–Trinajstić information content (AvgIpc) is 2.17. The molecule has 3 N–H and O–H groups in total. The Morgan fingerprint density at radius 1 is 1.53 bits per heavy atom. The van der Waals surface area contributed by atoms with E-state index in [1.165, 1.54) is 6.08 Å². The zero-order valence-corrected chi connectivity index (χ0v) is 9.09. The van der Waals surface area contributed by atoms with Gasteiger partial charge in [-0.1, -0.05) is 5.57 Å². The van der Waals surface area contributed by atoms with E-state index in [1.807, 2.05) is 6.07 Å². The second-order valence-electron chi connectivity index (χ2n) is 3.10. The Hall–Kier alpha value is -1.64. The van der Waals surface area contributed by atoms with E-state index >= 15 is 0 Å². The number of nitrogens with one attached hydrogen (secondary N) is 2. The van der Waals surface area contributed by atoms with Crippen LogP contribution in [0.25, 0.3) is 0 Å². The molecule has 0 spiro atoms. The molecule has 5 heteroatoms. The van der Waals surface area contributed by atoms with Crippen LogP contribution in [0, 0.1) is 11.3 Å². The highest BCUT2D eigenvalue weighted by Gasteiger charge is 2.07. The smallest absolute Gasteiger partial charge is 0.335 e. The maximum Gasteiger partial charge on any atom is 0.335 e. The normalized spacial score (nSPS) is 10.7. The molecule has 0 unspecified atom stereocenters. The van der Waals surface area contributed by atoms with E-state index < -0.39 is 5.97 Å². The number of rotatable bonds is 5. The number of carboxylic acids is 1. The lowest BCUT2D eigenvalue weighted by Gasteiger charge is -2.02. The fraction of sp³-hybridized carbons (Fsp3) is 0.400. The van der Waals surface area contributed by atoms with Gasteiger partial charge >= 0.3 is 5.97 Å². The summed E-state index contributed by atoms with van der Waals surface area (Å²) in [6.07, 6.45) is 1.38. The van der Waals surface area contributed by atoms with Crippen LogP contribution in [0.5, 0.6) is 0 Å². The van der Waals surface area contributed by atoms with Crippen LogP contribution in [0.2, 0.25) is 0 Å². The van der Waals surface area contributed by atoms with Crippen molar-refractivity contribution in [1.29, 1.82) is 5.26 Å². The van der Waals surface area contributed by atoms with E-state index in [2.05, 4.69) is 10.9 Å². The van der Waals surface area contributed by atoms with Gasteiger partial charge in [0.2, 0.25) is 0 Å². The molecule has 0 radical (unpaired) electrons. The minimum absolute atomic E-state index is 0.157. The van der Waals surface area contributed by atoms with Gasteiger partial charge in [-0.2, -0.15) is 5.26 Å². The number of carbonyl (C=O) groups is 1. The van der Waals surface area contributed by atoms with Gasteiger partial charge < -0.3 is 5.11 Å². The lowest BCUT2D eigenvalue weighted by molar-refractivity contribution is -0.132. The number of nitriles is 1. The van der Waals surface area contributed by atoms with Crippen LogP contribution < -0.4 is 10.9 Å². The fourth-order valence-corrected chi connectivity index (χ4v) is 0.901. The molecule has 5 nitrogen and oxygen atoms in total. The van der Waals surface area contributed by atoms with Crippen LogP contribution in [-0.2, 0) is 4.79 Å². The van der Waals surface area contributed by atoms with Crippen LogP contribution in [0.3, 0.4) is 0 Å². The summed E-state index contributed by atoms with van der Waals surface area (Å²) in [6, 6.07) is 1.94. The second kappa shape index (κ2) is 6.76. The van der Waals surface area contributed by atoms with Gasteiger partial charge in [-0.15, -0.1) is 0 Å². The van der Waals surface area contributed by atoms with Gasteiger partial charge in [-0.05, 0) is 27.0 Å². The molecule has 0 aromatic rings. The van der Waals surface area contributed by atoms with Crippen LogP contribution in [0.15, 0.2) is 22.8 Å². The van der Waals surface area contributed by atoms with Crippen molar-refractivity contribution in [2.75, 3.05) is 13.6 Å². The van der Waals surface area contributed by atoms with Crippen LogP contribution in [0.1, 0.15) is 13.8 Å². The molecule has 0 fully saturated rings. The van der Waals surface area contributed by atoms with Gasteiger partial charge in [0.1, 0.15) is 0 Å². The molecule has 0 rings (SSSR count). The summed E-state index contributed by atoms with van der Waals surface area (Å²) in [5, 5.41) is 17.6. The quantitative estimate of drug-likeness (QED) is 0.267. The first-order valence-electron chi connectivity index (χ1n) is 4.44. The van der Waals surface area contributed by atoms with E-state index in [9.17, 15) is 4.79 Å². The molecule has 15 heavy (non-hydrogen) atoms. The van der Waals surface area contributed by atoms with Gasteiger partial charge in [0.25, 0.3) is 0 Å². The van der Waals surface area contributed by atoms with Crippen molar-refractivity contribution in [3.8, 4) is 6.07 Å². The molecule has 0 atom stereocenters. The molecule has 0 saturated heterocycles. The molecular weight excluding hydrogens is 194 g/mol. The number of aliphatic carboxylic acids is 1. The number of allylic oxidation sites excluding steroid dienone is 1. The van der Waals surface area contributed by atoms with Crippen LogP contribution in [0.4, 0.5) is 0 Å². The van der Waals surface area contributed by atoms with E-state index in [0.29, 0.717) is 11.1 Å². The van der Waals surface area contributed by atoms with E-state index in [0.717, 1.165) is 0 Å². The summed E-state index contributed by atoms with van der Waals surface area (Å²) in [5.74, 6) is -1.02. The minimum atomic E-state index is -1.02. The van der Waals surface area contributed by atoms with Crippen molar-refractivity contribution in [1.82, 2.24) is 10.9 Å². The maximum absolute atomic E-state index is 10.8. The highest BCUT2D eigenvalue weighted by atomic mass is 16.4. The van der Waals surface area contributed by atoms with Crippen molar-refractivity contribution >= 4 is 5.97 Å².